The summed E-state index contributed by atoms with van der Waals surface area (Å²) in [7, 11) is 1.90. The van der Waals surface area contributed by atoms with Gasteiger partial charge in [-0.2, -0.15) is 0 Å². The van der Waals surface area contributed by atoms with Crippen LogP contribution in [-0.2, 0) is 7.05 Å². The average Bonchev–Trinajstić information content (AvgIpc) is 3.01. The third kappa shape index (κ3) is 5.94. The van der Waals surface area contributed by atoms with Crippen LogP contribution in [0.3, 0.4) is 0 Å². The van der Waals surface area contributed by atoms with Crippen molar-refractivity contribution in [2.24, 2.45) is 7.05 Å². The van der Waals surface area contributed by atoms with Crippen LogP contribution < -0.4 is 5.32 Å². The number of carbonyl (C=O) groups excluding carboxylic acids is 1. The Hall–Kier alpha value is -2.28. The topological polar surface area (TPSA) is 92.9 Å². The van der Waals surface area contributed by atoms with Crippen molar-refractivity contribution in [1.29, 1.82) is 0 Å². The molecule has 1 aliphatic carbocycles. The summed E-state index contributed by atoms with van der Waals surface area (Å²) in [5.41, 5.74) is 1.57. The minimum Gasteiger partial charge on any atom is -0.394 e. The summed E-state index contributed by atoms with van der Waals surface area (Å²) in [6, 6.07) is 2.05. The number of hydrogen-bond donors (Lipinski definition) is 2. The molecule has 2 heterocycles. The molecule has 7 nitrogen and oxygen atoms in total. The fraction of sp³-hybridized carbons (Fsp3) is 0.556. The Kier molecular flexibility index (Phi) is 7.06. The maximum absolute atomic E-state index is 12.3. The van der Waals surface area contributed by atoms with E-state index in [-0.39, 0.29) is 23.9 Å². The standard InChI is InChI=1S/C15H19N5O.C3H8O/c1-20-10-16-9-13(20)12-7-8-17-14(19-12)15(21)18-11-5-3-2-4-6-11;1-3(2)4/h7-11H,2-6H2,1H3,(H,18,21);3-4H,1-2H3. The molecule has 1 aliphatic rings. The molecule has 1 saturated carbocycles. The van der Waals surface area contributed by atoms with Crippen molar-refractivity contribution in [2.45, 2.75) is 58.1 Å². The number of aromatic nitrogens is 4. The van der Waals surface area contributed by atoms with Gasteiger partial charge in [-0.1, -0.05) is 19.3 Å². The van der Waals surface area contributed by atoms with Crippen LogP contribution in [0.25, 0.3) is 11.4 Å². The van der Waals surface area contributed by atoms with Gasteiger partial charge in [0.15, 0.2) is 0 Å². The second-order valence-electron chi connectivity index (χ2n) is 6.56. The van der Waals surface area contributed by atoms with Gasteiger partial charge in [0.05, 0.1) is 23.9 Å². The highest BCUT2D eigenvalue weighted by molar-refractivity contribution is 5.91. The summed E-state index contributed by atoms with van der Waals surface area (Å²) in [4.78, 5) is 24.8. The summed E-state index contributed by atoms with van der Waals surface area (Å²) < 4.78 is 1.87. The first-order valence-corrected chi connectivity index (χ1v) is 8.76. The number of imidazole rings is 1. The van der Waals surface area contributed by atoms with E-state index >= 15 is 0 Å². The summed E-state index contributed by atoms with van der Waals surface area (Å²) >= 11 is 0. The van der Waals surface area contributed by atoms with Gasteiger partial charge < -0.3 is 15.0 Å². The van der Waals surface area contributed by atoms with E-state index < -0.39 is 0 Å². The first kappa shape index (κ1) is 19.1. The van der Waals surface area contributed by atoms with E-state index in [1.165, 1.54) is 19.3 Å². The Labute approximate surface area is 148 Å². The van der Waals surface area contributed by atoms with E-state index in [9.17, 15) is 4.79 Å². The number of nitrogens with one attached hydrogen (secondary N) is 1. The maximum Gasteiger partial charge on any atom is 0.289 e. The molecule has 0 atom stereocenters. The molecule has 0 bridgehead atoms. The van der Waals surface area contributed by atoms with Crippen molar-refractivity contribution < 1.29 is 9.90 Å². The number of aliphatic hydroxyl groups is 1. The Morgan fingerprint density at radius 1 is 1.32 bits per heavy atom. The smallest absolute Gasteiger partial charge is 0.289 e. The molecule has 7 heteroatoms. The number of hydrogen-bond acceptors (Lipinski definition) is 5. The van der Waals surface area contributed by atoms with Crippen molar-refractivity contribution in [3.63, 3.8) is 0 Å². The van der Waals surface area contributed by atoms with E-state index in [0.717, 1.165) is 18.5 Å². The molecule has 0 saturated heterocycles. The van der Waals surface area contributed by atoms with Crippen LogP contribution >= 0.6 is 0 Å². The molecule has 2 aromatic heterocycles. The van der Waals surface area contributed by atoms with Crippen LogP contribution in [-0.4, -0.2) is 42.7 Å². The predicted octanol–water partition coefficient (Wildman–Crippen LogP) is 2.33. The molecule has 0 aliphatic heterocycles. The lowest BCUT2D eigenvalue weighted by Crippen LogP contribution is -2.37. The highest BCUT2D eigenvalue weighted by Crippen LogP contribution is 2.18. The monoisotopic (exact) mass is 345 g/mol. The molecule has 1 fully saturated rings. The quantitative estimate of drug-likeness (QED) is 0.890. The minimum atomic E-state index is -0.189. The number of amides is 1. The maximum atomic E-state index is 12.3. The summed E-state index contributed by atoms with van der Waals surface area (Å²) in [6.07, 6.45) is 10.6. The number of aliphatic hydroxyl groups excluding tert-OH is 1. The van der Waals surface area contributed by atoms with Gasteiger partial charge in [-0.25, -0.2) is 15.0 Å². The second kappa shape index (κ2) is 9.27. The van der Waals surface area contributed by atoms with E-state index in [4.69, 9.17) is 5.11 Å². The van der Waals surface area contributed by atoms with Gasteiger partial charge in [0.2, 0.25) is 5.82 Å². The van der Waals surface area contributed by atoms with Crippen molar-refractivity contribution in [3.05, 3.63) is 30.6 Å². The molecule has 2 N–H and O–H groups in total. The summed E-state index contributed by atoms with van der Waals surface area (Å²) in [6.45, 7) is 3.44. The molecule has 0 unspecified atom stereocenters. The molecular formula is C18H27N5O2. The van der Waals surface area contributed by atoms with Crippen molar-refractivity contribution in [2.75, 3.05) is 0 Å². The fourth-order valence-corrected chi connectivity index (χ4v) is 2.71. The van der Waals surface area contributed by atoms with Crippen LogP contribution in [0.1, 0.15) is 56.6 Å². The lowest BCUT2D eigenvalue weighted by molar-refractivity contribution is 0.0917. The number of nitrogens with zero attached hydrogens (tertiary/aromatic N) is 4. The second-order valence-corrected chi connectivity index (χ2v) is 6.56. The van der Waals surface area contributed by atoms with Gasteiger partial charge in [-0.15, -0.1) is 0 Å². The molecule has 2 aromatic rings. The molecular weight excluding hydrogens is 318 g/mol. The van der Waals surface area contributed by atoms with Crippen LogP contribution in [0.5, 0.6) is 0 Å². The Balaban J connectivity index is 0.000000511. The lowest BCUT2D eigenvalue weighted by Gasteiger charge is -2.22. The summed E-state index contributed by atoms with van der Waals surface area (Å²) in [5.74, 6) is 0.0326. The molecule has 0 radical (unpaired) electrons. The Bertz CT molecular complexity index is 675. The zero-order chi connectivity index (χ0) is 18.2. The largest absolute Gasteiger partial charge is 0.394 e. The molecule has 0 spiro atoms. The Morgan fingerprint density at radius 3 is 2.60 bits per heavy atom. The van der Waals surface area contributed by atoms with Gasteiger partial charge in [-0.05, 0) is 32.8 Å². The van der Waals surface area contributed by atoms with Gasteiger partial charge >= 0.3 is 0 Å². The highest BCUT2D eigenvalue weighted by atomic mass is 16.3. The average molecular weight is 345 g/mol. The molecule has 0 aromatic carbocycles. The summed E-state index contributed by atoms with van der Waals surface area (Å²) in [5, 5.41) is 11.1. The van der Waals surface area contributed by atoms with Crippen molar-refractivity contribution in [3.8, 4) is 11.4 Å². The normalized spacial score (nSPS) is 14.8. The van der Waals surface area contributed by atoms with E-state index in [0.29, 0.717) is 5.69 Å². The zero-order valence-corrected chi connectivity index (χ0v) is 15.1. The zero-order valence-electron chi connectivity index (χ0n) is 15.1. The molecule has 136 valence electrons. The lowest BCUT2D eigenvalue weighted by atomic mass is 9.95. The van der Waals surface area contributed by atoms with Crippen LogP contribution in [0.15, 0.2) is 24.8 Å². The van der Waals surface area contributed by atoms with E-state index in [1.54, 1.807) is 38.6 Å². The van der Waals surface area contributed by atoms with Crippen LogP contribution in [0, 0.1) is 0 Å². The Morgan fingerprint density at radius 2 is 2.00 bits per heavy atom. The first-order valence-electron chi connectivity index (χ1n) is 8.76. The molecule has 3 rings (SSSR count). The highest BCUT2D eigenvalue weighted by Gasteiger charge is 2.18. The van der Waals surface area contributed by atoms with Crippen LogP contribution in [0.4, 0.5) is 0 Å². The van der Waals surface area contributed by atoms with E-state index in [2.05, 4.69) is 20.3 Å². The molecule has 25 heavy (non-hydrogen) atoms. The predicted molar refractivity (Wildman–Crippen MR) is 95.9 cm³/mol. The number of rotatable bonds is 3. The van der Waals surface area contributed by atoms with Crippen LogP contribution in [0.2, 0.25) is 0 Å². The fourth-order valence-electron chi connectivity index (χ4n) is 2.71. The van der Waals surface area contributed by atoms with Gasteiger partial charge in [0.1, 0.15) is 0 Å². The number of carbonyl (C=O) groups is 1. The molecule has 1 amide bonds. The third-order valence-corrected chi connectivity index (χ3v) is 3.88. The minimum absolute atomic E-state index is 0.167. The van der Waals surface area contributed by atoms with Crippen molar-refractivity contribution >= 4 is 5.91 Å². The third-order valence-electron chi connectivity index (χ3n) is 3.88. The first-order chi connectivity index (χ1) is 12.0. The van der Waals surface area contributed by atoms with Gasteiger partial charge in [0.25, 0.3) is 5.91 Å². The van der Waals surface area contributed by atoms with Gasteiger partial charge in [-0.3, -0.25) is 4.79 Å². The number of aryl methyl sites for hydroxylation is 1. The van der Waals surface area contributed by atoms with E-state index in [1.807, 2.05) is 11.6 Å². The van der Waals surface area contributed by atoms with Crippen molar-refractivity contribution in [1.82, 2.24) is 24.8 Å². The van der Waals surface area contributed by atoms with Gasteiger partial charge in [0, 0.05) is 25.4 Å². The SMILES string of the molecule is CC(C)O.Cn1cncc1-c1ccnc(C(=O)NC2CCCCC2)n1.